The molecule has 0 atom stereocenters. The summed E-state index contributed by atoms with van der Waals surface area (Å²) in [7, 11) is 0. The molecule has 184 valence electrons. The lowest BCUT2D eigenvalue weighted by Crippen LogP contribution is -2.33. The van der Waals surface area contributed by atoms with Crippen molar-refractivity contribution >= 4 is 45.9 Å². The number of carbonyl (C=O) groups excluding carboxylic acids is 3. The van der Waals surface area contributed by atoms with Crippen LogP contribution in [0.25, 0.3) is 22.6 Å². The molecule has 0 radical (unpaired) electrons. The summed E-state index contributed by atoms with van der Waals surface area (Å²) in [6, 6.07) is 14.4. The van der Waals surface area contributed by atoms with Gasteiger partial charge in [0.1, 0.15) is 11.1 Å². The Kier molecular flexibility index (Phi) is 5.64. The summed E-state index contributed by atoms with van der Waals surface area (Å²) in [6.45, 7) is -0.288. The minimum Gasteiger partial charge on any atom is -0.436 e. The number of nitrogens with one attached hydrogen (secondary N) is 1. The molecular weight excluding hydrogens is 486 g/mol. The van der Waals surface area contributed by atoms with Crippen molar-refractivity contribution in [2.45, 2.75) is 6.42 Å². The van der Waals surface area contributed by atoms with Crippen LogP contribution < -0.4 is 5.32 Å². The average molecular weight is 501 g/mol. The minimum absolute atomic E-state index is 0.0823. The van der Waals surface area contributed by atoms with Gasteiger partial charge in [0.15, 0.2) is 5.58 Å². The molecule has 1 N–H and O–H groups in total. The zero-order valence-corrected chi connectivity index (χ0v) is 18.7. The van der Waals surface area contributed by atoms with Crippen LogP contribution in [-0.2, 0) is 4.79 Å². The Bertz CT molecular complexity index is 1640. The normalized spacial score (nSPS) is 12.6. The van der Waals surface area contributed by atoms with Gasteiger partial charge in [0.05, 0.1) is 32.7 Å². The predicted octanol–water partition coefficient (Wildman–Crippen LogP) is 3.94. The predicted molar refractivity (Wildman–Crippen MR) is 128 cm³/mol. The van der Waals surface area contributed by atoms with Crippen molar-refractivity contribution in [3.05, 3.63) is 92.0 Å². The summed E-state index contributed by atoms with van der Waals surface area (Å²) >= 11 is 0. The van der Waals surface area contributed by atoms with E-state index < -0.39 is 33.3 Å². The number of nitro groups is 2. The highest BCUT2D eigenvalue weighted by Gasteiger charge is 2.40. The number of nitro benzene ring substituents is 2. The molecule has 1 aliphatic heterocycles. The topological polar surface area (TPSA) is 179 Å². The van der Waals surface area contributed by atoms with Crippen molar-refractivity contribution in [1.82, 2.24) is 9.88 Å². The molecule has 1 aliphatic rings. The van der Waals surface area contributed by atoms with Crippen molar-refractivity contribution in [3.8, 4) is 11.5 Å². The molecule has 5 rings (SSSR count). The van der Waals surface area contributed by atoms with Gasteiger partial charge in [0, 0.05) is 25.1 Å². The third-order valence-electron chi connectivity index (χ3n) is 5.75. The van der Waals surface area contributed by atoms with Crippen LogP contribution in [0.3, 0.4) is 0 Å². The lowest BCUT2D eigenvalue weighted by Gasteiger charge is -2.14. The second-order valence-electron chi connectivity index (χ2n) is 7.99. The third kappa shape index (κ3) is 4.14. The zero-order valence-electron chi connectivity index (χ0n) is 18.7. The van der Waals surface area contributed by atoms with Gasteiger partial charge in [-0.25, -0.2) is 4.98 Å². The van der Waals surface area contributed by atoms with Crippen LogP contribution in [0.4, 0.5) is 17.1 Å². The van der Waals surface area contributed by atoms with Gasteiger partial charge in [-0.1, -0.05) is 18.2 Å². The number of anilines is 1. The molecule has 0 fully saturated rings. The van der Waals surface area contributed by atoms with Gasteiger partial charge in [-0.2, -0.15) is 0 Å². The molecule has 13 heteroatoms. The molecule has 0 spiro atoms. The summed E-state index contributed by atoms with van der Waals surface area (Å²) in [5, 5.41) is 25.0. The van der Waals surface area contributed by atoms with Crippen LogP contribution in [-0.4, -0.2) is 44.0 Å². The first-order chi connectivity index (χ1) is 17.7. The summed E-state index contributed by atoms with van der Waals surface area (Å²) in [4.78, 5) is 64.2. The fraction of sp³-hybridized carbons (Fsp3) is 0.0833. The first-order valence-electron chi connectivity index (χ1n) is 10.8. The average Bonchev–Trinajstić information content (AvgIpc) is 3.41. The number of oxazole rings is 1. The van der Waals surface area contributed by atoms with Crippen molar-refractivity contribution in [2.24, 2.45) is 0 Å². The second-order valence-corrected chi connectivity index (χ2v) is 7.99. The molecule has 0 saturated heterocycles. The van der Waals surface area contributed by atoms with Crippen molar-refractivity contribution in [2.75, 3.05) is 11.9 Å². The van der Waals surface area contributed by atoms with Crippen molar-refractivity contribution in [3.63, 3.8) is 0 Å². The number of nitrogens with zero attached hydrogens (tertiary/aromatic N) is 4. The maximum atomic E-state index is 12.7. The Morgan fingerprint density at radius 2 is 1.70 bits per heavy atom. The van der Waals surface area contributed by atoms with Crippen molar-refractivity contribution < 1.29 is 28.6 Å². The molecular formula is C24H15N5O8. The van der Waals surface area contributed by atoms with Gasteiger partial charge < -0.3 is 9.73 Å². The molecule has 2 heterocycles. The van der Waals surface area contributed by atoms with E-state index in [0.29, 0.717) is 16.8 Å². The molecule has 37 heavy (non-hydrogen) atoms. The van der Waals surface area contributed by atoms with Crippen LogP contribution in [0.1, 0.15) is 27.1 Å². The van der Waals surface area contributed by atoms with E-state index in [1.165, 1.54) is 30.3 Å². The summed E-state index contributed by atoms with van der Waals surface area (Å²) in [5.74, 6) is -1.96. The minimum atomic E-state index is -0.832. The Morgan fingerprint density at radius 3 is 2.46 bits per heavy atom. The van der Waals surface area contributed by atoms with Crippen LogP contribution in [0.15, 0.2) is 65.1 Å². The van der Waals surface area contributed by atoms with Crippen LogP contribution in [0, 0.1) is 20.2 Å². The van der Waals surface area contributed by atoms with E-state index in [-0.39, 0.29) is 41.3 Å². The number of amides is 3. The number of fused-ring (bicyclic) bond motifs is 2. The number of benzene rings is 3. The smallest absolute Gasteiger partial charge is 0.282 e. The lowest BCUT2D eigenvalue weighted by atomic mass is 10.1. The number of aromatic nitrogens is 1. The molecule has 1 aromatic heterocycles. The highest BCUT2D eigenvalue weighted by atomic mass is 16.6. The molecule has 0 bridgehead atoms. The standard InChI is InChI=1S/C24H15N5O8/c30-20(10-11-27-23(31)15-5-3-7-18(29(35)36)21(15)24(27)32)25-16-6-2-1-4-14(16)22-26-17-9-8-13(28(33)34)12-19(17)37-22/h1-9,12H,10-11H2,(H,25,30). The Balaban J connectivity index is 1.32. The Hall–Kier alpha value is -5.46. The highest BCUT2D eigenvalue weighted by Crippen LogP contribution is 2.33. The number of hydrogen-bond acceptors (Lipinski definition) is 9. The van der Waals surface area contributed by atoms with E-state index >= 15 is 0 Å². The van der Waals surface area contributed by atoms with Gasteiger partial charge in [-0.15, -0.1) is 0 Å². The molecule has 13 nitrogen and oxygen atoms in total. The van der Waals surface area contributed by atoms with E-state index in [1.807, 2.05) is 0 Å². The molecule has 3 amide bonds. The molecule has 3 aromatic carbocycles. The largest absolute Gasteiger partial charge is 0.436 e. The summed E-state index contributed by atoms with van der Waals surface area (Å²) in [6.07, 6.45) is -0.270. The lowest BCUT2D eigenvalue weighted by molar-refractivity contribution is -0.385. The van der Waals surface area contributed by atoms with E-state index in [2.05, 4.69) is 10.3 Å². The summed E-state index contributed by atoms with van der Waals surface area (Å²) in [5.41, 5.74) is 0.320. The Labute approximate surface area is 206 Å². The molecule has 0 unspecified atom stereocenters. The Morgan fingerprint density at radius 1 is 0.946 bits per heavy atom. The summed E-state index contributed by atoms with van der Waals surface area (Å²) < 4.78 is 5.68. The van der Waals surface area contributed by atoms with E-state index in [4.69, 9.17) is 4.42 Å². The quantitative estimate of drug-likeness (QED) is 0.223. The fourth-order valence-electron chi connectivity index (χ4n) is 4.02. The number of para-hydroxylation sites is 1. The number of rotatable bonds is 7. The molecule has 4 aromatic rings. The van der Waals surface area contributed by atoms with Gasteiger partial charge in [-0.05, 0) is 24.3 Å². The van der Waals surface area contributed by atoms with Crippen molar-refractivity contribution in [1.29, 1.82) is 0 Å². The fourth-order valence-corrected chi connectivity index (χ4v) is 4.02. The first kappa shape index (κ1) is 23.3. The molecule has 0 aliphatic carbocycles. The molecule has 0 saturated carbocycles. The maximum Gasteiger partial charge on any atom is 0.282 e. The number of hydrogen-bond donors (Lipinski definition) is 1. The van der Waals surface area contributed by atoms with Crippen LogP contribution in [0.5, 0.6) is 0 Å². The zero-order chi connectivity index (χ0) is 26.3. The van der Waals surface area contributed by atoms with E-state index in [0.717, 1.165) is 11.0 Å². The second kappa shape index (κ2) is 8.96. The third-order valence-corrected chi connectivity index (χ3v) is 5.75. The van der Waals surface area contributed by atoms with Crippen LogP contribution >= 0.6 is 0 Å². The van der Waals surface area contributed by atoms with E-state index in [1.54, 1.807) is 24.3 Å². The highest BCUT2D eigenvalue weighted by molar-refractivity contribution is 6.23. The number of carbonyl (C=O) groups is 3. The SMILES string of the molecule is O=C(CCN1C(=O)c2cccc([N+](=O)[O-])c2C1=O)Nc1ccccc1-c1nc2ccc([N+](=O)[O-])cc2o1. The number of imide groups is 1. The van der Waals surface area contributed by atoms with Gasteiger partial charge in [0.25, 0.3) is 23.2 Å². The van der Waals surface area contributed by atoms with Gasteiger partial charge >= 0.3 is 0 Å². The number of non-ortho nitro benzene ring substituents is 1. The van der Waals surface area contributed by atoms with Crippen LogP contribution in [0.2, 0.25) is 0 Å². The monoisotopic (exact) mass is 501 g/mol. The first-order valence-corrected chi connectivity index (χ1v) is 10.8. The maximum absolute atomic E-state index is 12.7. The van der Waals surface area contributed by atoms with Gasteiger partial charge in [-0.3, -0.25) is 39.5 Å². The van der Waals surface area contributed by atoms with Gasteiger partial charge in [0.2, 0.25) is 11.8 Å². The van der Waals surface area contributed by atoms with E-state index in [9.17, 15) is 34.6 Å².